The Morgan fingerprint density at radius 2 is 2.44 bits per heavy atom. The molecule has 0 spiro atoms. The van der Waals surface area contributed by atoms with E-state index >= 15 is 0 Å². The quantitative estimate of drug-likeness (QED) is 0.708. The van der Waals surface area contributed by atoms with Gasteiger partial charge in [-0.15, -0.1) is 5.10 Å². The van der Waals surface area contributed by atoms with Gasteiger partial charge in [-0.05, 0) is 19.8 Å². The van der Waals surface area contributed by atoms with Gasteiger partial charge < -0.3 is 11.1 Å². The Labute approximate surface area is 98.2 Å². The molecule has 0 aromatic carbocycles. The van der Waals surface area contributed by atoms with E-state index in [4.69, 9.17) is 18.0 Å². The largest absolute Gasteiger partial charge is 0.387 e. The Hall–Kier alpha value is -1.50. The maximum atomic E-state index is 11.7. The van der Waals surface area contributed by atoms with Gasteiger partial charge in [-0.1, -0.05) is 12.2 Å². The standard InChI is InChI=1S/C9H13N5OS/c1-5(9(15)12-6-2-3-6)14-4-11-8(13-14)7(10)16/h4-6H,2-3H2,1H3,(H2,10,16)(H,12,15). The zero-order chi connectivity index (χ0) is 11.7. The Balaban J connectivity index is 2.03. The Morgan fingerprint density at radius 1 is 1.75 bits per heavy atom. The number of nitrogens with zero attached hydrogens (tertiary/aromatic N) is 3. The van der Waals surface area contributed by atoms with Crippen molar-refractivity contribution in [2.75, 3.05) is 0 Å². The van der Waals surface area contributed by atoms with Gasteiger partial charge in [0.15, 0.2) is 0 Å². The van der Waals surface area contributed by atoms with E-state index in [9.17, 15) is 4.79 Å². The van der Waals surface area contributed by atoms with Gasteiger partial charge >= 0.3 is 0 Å². The van der Waals surface area contributed by atoms with E-state index in [1.165, 1.54) is 11.0 Å². The molecule has 6 nitrogen and oxygen atoms in total. The van der Waals surface area contributed by atoms with E-state index < -0.39 is 6.04 Å². The molecule has 1 amide bonds. The first-order valence-corrected chi connectivity index (χ1v) is 5.50. The number of carbonyl (C=O) groups excluding carboxylic acids is 1. The van der Waals surface area contributed by atoms with Gasteiger partial charge in [0.05, 0.1) is 0 Å². The molecule has 1 aliphatic rings. The predicted molar refractivity (Wildman–Crippen MR) is 61.8 cm³/mol. The van der Waals surface area contributed by atoms with Crippen LogP contribution in [0.25, 0.3) is 0 Å². The number of hydrogen-bond acceptors (Lipinski definition) is 4. The van der Waals surface area contributed by atoms with Crippen molar-refractivity contribution in [2.24, 2.45) is 5.73 Å². The maximum absolute atomic E-state index is 11.7. The summed E-state index contributed by atoms with van der Waals surface area (Å²) in [5.41, 5.74) is 5.39. The fourth-order valence-corrected chi connectivity index (χ4v) is 1.34. The molecule has 0 aliphatic heterocycles. The molecule has 1 unspecified atom stereocenters. The lowest BCUT2D eigenvalue weighted by Gasteiger charge is -2.11. The van der Waals surface area contributed by atoms with Crippen molar-refractivity contribution in [1.82, 2.24) is 20.1 Å². The molecule has 1 heterocycles. The molecule has 16 heavy (non-hydrogen) atoms. The van der Waals surface area contributed by atoms with Crippen LogP contribution in [0, 0.1) is 0 Å². The van der Waals surface area contributed by atoms with Crippen molar-refractivity contribution in [3.8, 4) is 0 Å². The molecule has 1 aromatic heterocycles. The summed E-state index contributed by atoms with van der Waals surface area (Å²) in [6.07, 6.45) is 3.59. The van der Waals surface area contributed by atoms with Crippen LogP contribution in [0.1, 0.15) is 31.6 Å². The van der Waals surface area contributed by atoms with E-state index in [-0.39, 0.29) is 10.9 Å². The van der Waals surface area contributed by atoms with Crippen LogP contribution in [-0.4, -0.2) is 31.7 Å². The highest BCUT2D eigenvalue weighted by Gasteiger charge is 2.26. The van der Waals surface area contributed by atoms with Gasteiger partial charge in [0.2, 0.25) is 11.7 Å². The zero-order valence-corrected chi connectivity index (χ0v) is 9.70. The average Bonchev–Trinajstić information content (AvgIpc) is 2.91. The van der Waals surface area contributed by atoms with Gasteiger partial charge in [0.25, 0.3) is 0 Å². The van der Waals surface area contributed by atoms with Crippen molar-refractivity contribution in [3.05, 3.63) is 12.2 Å². The van der Waals surface area contributed by atoms with Crippen LogP contribution in [0.2, 0.25) is 0 Å². The first-order valence-electron chi connectivity index (χ1n) is 5.09. The highest BCUT2D eigenvalue weighted by atomic mass is 32.1. The smallest absolute Gasteiger partial charge is 0.244 e. The van der Waals surface area contributed by atoms with Crippen LogP contribution in [0.4, 0.5) is 0 Å². The lowest BCUT2D eigenvalue weighted by Crippen LogP contribution is -2.32. The summed E-state index contributed by atoms with van der Waals surface area (Å²) in [5, 5.41) is 6.94. The fourth-order valence-electron chi connectivity index (χ4n) is 1.24. The predicted octanol–water partition coefficient (Wildman–Crippen LogP) is -0.248. The van der Waals surface area contributed by atoms with E-state index in [1.807, 2.05) is 0 Å². The molecule has 86 valence electrons. The van der Waals surface area contributed by atoms with Gasteiger partial charge in [-0.25, -0.2) is 9.67 Å². The van der Waals surface area contributed by atoms with Gasteiger partial charge in [0.1, 0.15) is 17.4 Å². The number of nitrogens with two attached hydrogens (primary N) is 1. The Bertz CT molecular complexity index is 425. The molecule has 1 saturated carbocycles. The second-order valence-corrected chi connectivity index (χ2v) is 4.31. The molecular formula is C9H13N5OS. The number of aromatic nitrogens is 3. The van der Waals surface area contributed by atoms with Gasteiger partial charge in [0, 0.05) is 6.04 Å². The summed E-state index contributed by atoms with van der Waals surface area (Å²) in [6.45, 7) is 1.76. The van der Waals surface area contributed by atoms with Crippen LogP contribution in [0.3, 0.4) is 0 Å². The fraction of sp³-hybridized carbons (Fsp3) is 0.556. The van der Waals surface area contributed by atoms with Crippen LogP contribution >= 0.6 is 12.2 Å². The molecule has 0 radical (unpaired) electrons. The molecule has 0 bridgehead atoms. The van der Waals surface area contributed by atoms with E-state index in [1.54, 1.807) is 6.92 Å². The molecule has 3 N–H and O–H groups in total. The van der Waals surface area contributed by atoms with Crippen LogP contribution in [-0.2, 0) is 4.79 Å². The van der Waals surface area contributed by atoms with Crippen molar-refractivity contribution < 1.29 is 4.79 Å². The third kappa shape index (κ3) is 2.35. The molecule has 1 aromatic rings. The summed E-state index contributed by atoms with van der Waals surface area (Å²) >= 11 is 4.75. The third-order valence-electron chi connectivity index (χ3n) is 2.43. The topological polar surface area (TPSA) is 85.8 Å². The average molecular weight is 239 g/mol. The first kappa shape index (κ1) is 11.0. The zero-order valence-electron chi connectivity index (χ0n) is 8.88. The number of amides is 1. The minimum absolute atomic E-state index is 0.0538. The van der Waals surface area contributed by atoms with Crippen molar-refractivity contribution >= 4 is 23.1 Å². The molecule has 0 saturated heterocycles. The molecule has 1 fully saturated rings. The summed E-state index contributed by atoms with van der Waals surface area (Å²) in [4.78, 5) is 15.8. The molecule has 1 aliphatic carbocycles. The van der Waals surface area contributed by atoms with Crippen LogP contribution in [0.5, 0.6) is 0 Å². The first-order chi connectivity index (χ1) is 7.58. The highest BCUT2D eigenvalue weighted by molar-refractivity contribution is 7.80. The summed E-state index contributed by atoms with van der Waals surface area (Å²) in [7, 11) is 0. The molecular weight excluding hydrogens is 226 g/mol. The highest BCUT2D eigenvalue weighted by Crippen LogP contribution is 2.19. The van der Waals surface area contributed by atoms with Gasteiger partial charge in [-0.3, -0.25) is 4.79 Å². The number of nitrogens with one attached hydrogen (secondary N) is 1. The van der Waals surface area contributed by atoms with Crippen LogP contribution in [0.15, 0.2) is 6.33 Å². The minimum Gasteiger partial charge on any atom is -0.387 e. The second kappa shape index (κ2) is 4.17. The lowest BCUT2D eigenvalue weighted by atomic mass is 10.3. The number of rotatable bonds is 4. The van der Waals surface area contributed by atoms with Crippen LogP contribution < -0.4 is 11.1 Å². The summed E-state index contributed by atoms with van der Waals surface area (Å²) in [6, 6.07) is -0.0512. The number of carbonyl (C=O) groups is 1. The summed E-state index contributed by atoms with van der Waals surface area (Å²) in [5.74, 6) is 0.239. The van der Waals surface area contributed by atoms with Crippen molar-refractivity contribution in [3.63, 3.8) is 0 Å². The Kier molecular flexibility index (Phi) is 2.86. The third-order valence-corrected chi connectivity index (χ3v) is 2.61. The van der Waals surface area contributed by atoms with Crippen molar-refractivity contribution in [2.45, 2.75) is 31.8 Å². The summed E-state index contributed by atoms with van der Waals surface area (Å²) < 4.78 is 1.46. The molecule has 7 heteroatoms. The Morgan fingerprint density at radius 3 is 2.94 bits per heavy atom. The normalized spacial score (nSPS) is 16.8. The number of hydrogen-bond donors (Lipinski definition) is 2. The van der Waals surface area contributed by atoms with E-state index in [0.717, 1.165) is 12.8 Å². The minimum atomic E-state index is -0.392. The van der Waals surface area contributed by atoms with Gasteiger partial charge in [-0.2, -0.15) is 0 Å². The second-order valence-electron chi connectivity index (χ2n) is 3.87. The number of thiocarbonyl (C=S) groups is 1. The lowest BCUT2D eigenvalue weighted by molar-refractivity contribution is -0.124. The molecule has 1 atom stereocenters. The maximum Gasteiger partial charge on any atom is 0.244 e. The van der Waals surface area contributed by atoms with E-state index in [2.05, 4.69) is 15.4 Å². The monoisotopic (exact) mass is 239 g/mol. The van der Waals surface area contributed by atoms with E-state index in [0.29, 0.717) is 11.9 Å². The molecule has 2 rings (SSSR count). The van der Waals surface area contributed by atoms with Crippen molar-refractivity contribution in [1.29, 1.82) is 0 Å². The SMILES string of the molecule is CC(C(=O)NC1CC1)n1cnc(C(N)=S)n1.